The summed E-state index contributed by atoms with van der Waals surface area (Å²) in [4.78, 5) is 14.3. The lowest BCUT2D eigenvalue weighted by Gasteiger charge is -2.22. The summed E-state index contributed by atoms with van der Waals surface area (Å²) in [7, 11) is 0. The Balaban J connectivity index is 2.18. The number of carbonyl (C=O) groups excluding carboxylic acids is 1. The molecule has 3 N–H and O–H groups in total. The minimum Gasteiger partial charge on any atom is -0.395 e. The fourth-order valence-corrected chi connectivity index (χ4v) is 2.65. The van der Waals surface area contributed by atoms with Gasteiger partial charge in [0, 0.05) is 12.6 Å². The smallest absolute Gasteiger partial charge is 0.276 e. The van der Waals surface area contributed by atoms with Gasteiger partial charge in [0.05, 0.1) is 11.4 Å². The minimum absolute atomic E-state index is 0.0181. The number of H-pyrrole nitrogens is 1. The number of amides is 1. The highest BCUT2D eigenvalue weighted by molar-refractivity contribution is 5.98. The zero-order valence-electron chi connectivity index (χ0n) is 11.2. The lowest BCUT2D eigenvalue weighted by atomic mass is 10.1. The first-order chi connectivity index (χ1) is 8.69. The number of likely N-dealkylation sites (tertiary alicyclic amines) is 1. The van der Waals surface area contributed by atoms with Crippen LogP contribution in [0.2, 0.25) is 0 Å². The summed E-state index contributed by atoms with van der Waals surface area (Å²) < 4.78 is 0. The number of aryl methyl sites for hydroxylation is 1. The molecule has 0 bridgehead atoms. The fraction of sp³-hybridized carbons (Fsp3) is 0.692. The van der Waals surface area contributed by atoms with Crippen LogP contribution in [-0.4, -0.2) is 33.6 Å². The number of hydrogen-bond acceptors (Lipinski definition) is 3. The van der Waals surface area contributed by atoms with Crippen molar-refractivity contribution in [2.75, 3.05) is 12.3 Å². The van der Waals surface area contributed by atoms with E-state index in [9.17, 15) is 4.79 Å². The van der Waals surface area contributed by atoms with E-state index in [0.29, 0.717) is 17.4 Å². The first kappa shape index (κ1) is 12.9. The molecule has 5 nitrogen and oxygen atoms in total. The maximum atomic E-state index is 12.4. The van der Waals surface area contributed by atoms with Crippen molar-refractivity contribution in [2.24, 2.45) is 0 Å². The Morgan fingerprint density at radius 1 is 1.56 bits per heavy atom. The molecule has 1 amide bonds. The highest BCUT2D eigenvalue weighted by atomic mass is 16.2. The molecule has 1 unspecified atom stereocenters. The second kappa shape index (κ2) is 5.42. The first-order valence-corrected chi connectivity index (χ1v) is 6.82. The third kappa shape index (κ3) is 2.21. The van der Waals surface area contributed by atoms with Crippen molar-refractivity contribution < 1.29 is 4.79 Å². The van der Waals surface area contributed by atoms with Crippen LogP contribution in [0.1, 0.15) is 55.7 Å². The molecule has 2 heterocycles. The van der Waals surface area contributed by atoms with E-state index in [0.717, 1.165) is 44.3 Å². The molecule has 1 saturated heterocycles. The second-order valence-electron chi connectivity index (χ2n) is 4.92. The predicted octanol–water partition coefficient (Wildman–Crippen LogP) is 1.96. The van der Waals surface area contributed by atoms with Crippen molar-refractivity contribution in [1.29, 1.82) is 0 Å². The molecule has 100 valence electrons. The van der Waals surface area contributed by atoms with Gasteiger partial charge in [0.1, 0.15) is 0 Å². The van der Waals surface area contributed by atoms with Crippen LogP contribution in [0.5, 0.6) is 0 Å². The van der Waals surface area contributed by atoms with E-state index in [1.54, 1.807) is 0 Å². The normalized spacial score (nSPS) is 19.4. The van der Waals surface area contributed by atoms with E-state index in [4.69, 9.17) is 5.73 Å². The summed E-state index contributed by atoms with van der Waals surface area (Å²) in [5.41, 5.74) is 7.82. The lowest BCUT2D eigenvalue weighted by Crippen LogP contribution is -2.35. The second-order valence-corrected chi connectivity index (χ2v) is 4.92. The number of carbonyl (C=O) groups is 1. The number of nitrogens with one attached hydrogen (secondary N) is 1. The van der Waals surface area contributed by atoms with Crippen molar-refractivity contribution in [3.63, 3.8) is 0 Å². The number of nitrogen functional groups attached to an aromatic ring is 1. The Labute approximate surface area is 108 Å². The summed E-state index contributed by atoms with van der Waals surface area (Å²) in [5, 5.41) is 7.00. The van der Waals surface area contributed by atoms with Crippen LogP contribution in [-0.2, 0) is 6.42 Å². The molecule has 0 saturated carbocycles. The molecule has 0 aliphatic carbocycles. The molecule has 1 atom stereocenters. The quantitative estimate of drug-likeness (QED) is 0.857. The summed E-state index contributed by atoms with van der Waals surface area (Å²) >= 11 is 0. The molecule has 5 heteroatoms. The molecule has 2 rings (SSSR count). The van der Waals surface area contributed by atoms with Gasteiger partial charge in [-0.2, -0.15) is 5.10 Å². The predicted molar refractivity (Wildman–Crippen MR) is 71.3 cm³/mol. The molecule has 1 aliphatic rings. The summed E-state index contributed by atoms with van der Waals surface area (Å²) in [6.45, 7) is 5.02. The highest BCUT2D eigenvalue weighted by Gasteiger charge is 2.30. The van der Waals surface area contributed by atoms with Gasteiger partial charge < -0.3 is 10.6 Å². The highest BCUT2D eigenvalue weighted by Crippen LogP contribution is 2.24. The average Bonchev–Trinajstić information content (AvgIpc) is 2.97. The number of nitrogens with two attached hydrogens (primary N) is 1. The Hall–Kier alpha value is -1.52. The molecular weight excluding hydrogens is 228 g/mol. The van der Waals surface area contributed by atoms with Gasteiger partial charge in [-0.25, -0.2) is 0 Å². The number of rotatable bonds is 4. The van der Waals surface area contributed by atoms with Crippen molar-refractivity contribution in [2.45, 2.75) is 52.0 Å². The van der Waals surface area contributed by atoms with Gasteiger partial charge in [-0.1, -0.05) is 20.3 Å². The molecule has 1 aliphatic heterocycles. The third-order valence-electron chi connectivity index (χ3n) is 3.69. The molecular formula is C13H22N4O. The first-order valence-electron chi connectivity index (χ1n) is 6.82. The maximum Gasteiger partial charge on any atom is 0.276 e. The van der Waals surface area contributed by atoms with E-state index in [-0.39, 0.29) is 5.91 Å². The lowest BCUT2D eigenvalue weighted by molar-refractivity contribution is 0.0728. The number of aromatic amines is 1. The Bertz CT molecular complexity index is 427. The fourth-order valence-electron chi connectivity index (χ4n) is 2.65. The number of aromatic nitrogens is 2. The van der Waals surface area contributed by atoms with Gasteiger partial charge in [-0.15, -0.1) is 0 Å². The van der Waals surface area contributed by atoms with Gasteiger partial charge in [0.25, 0.3) is 5.91 Å². The number of nitrogens with zero attached hydrogens (tertiary/aromatic N) is 2. The zero-order valence-corrected chi connectivity index (χ0v) is 11.2. The van der Waals surface area contributed by atoms with Crippen LogP contribution in [0.25, 0.3) is 0 Å². The number of anilines is 1. The van der Waals surface area contributed by atoms with Gasteiger partial charge in [0.15, 0.2) is 5.69 Å². The van der Waals surface area contributed by atoms with E-state index in [1.165, 1.54) is 0 Å². The zero-order chi connectivity index (χ0) is 13.1. The van der Waals surface area contributed by atoms with Crippen LogP contribution in [0.15, 0.2) is 0 Å². The van der Waals surface area contributed by atoms with E-state index in [2.05, 4.69) is 24.0 Å². The topological polar surface area (TPSA) is 75.0 Å². The minimum atomic E-state index is -0.0181. The van der Waals surface area contributed by atoms with Crippen LogP contribution in [0.3, 0.4) is 0 Å². The summed E-state index contributed by atoms with van der Waals surface area (Å²) in [6, 6.07) is 0.350. The summed E-state index contributed by atoms with van der Waals surface area (Å²) in [6.07, 6.45) is 4.99. The van der Waals surface area contributed by atoms with Crippen molar-refractivity contribution in [1.82, 2.24) is 15.1 Å². The van der Waals surface area contributed by atoms with Crippen molar-refractivity contribution in [3.8, 4) is 0 Å². The molecule has 18 heavy (non-hydrogen) atoms. The third-order valence-corrected chi connectivity index (χ3v) is 3.69. The SMILES string of the molecule is CCCc1[nH]nc(C(=O)N2CCCC2CC)c1N. The van der Waals surface area contributed by atoms with Crippen LogP contribution < -0.4 is 5.73 Å². The molecule has 1 fully saturated rings. The van der Waals surface area contributed by atoms with Crippen molar-refractivity contribution in [3.05, 3.63) is 11.4 Å². The van der Waals surface area contributed by atoms with E-state index >= 15 is 0 Å². The van der Waals surface area contributed by atoms with Crippen LogP contribution in [0, 0.1) is 0 Å². The summed E-state index contributed by atoms with van der Waals surface area (Å²) in [5.74, 6) is -0.0181. The Morgan fingerprint density at radius 2 is 2.33 bits per heavy atom. The van der Waals surface area contributed by atoms with Crippen LogP contribution >= 0.6 is 0 Å². The van der Waals surface area contributed by atoms with Gasteiger partial charge >= 0.3 is 0 Å². The van der Waals surface area contributed by atoms with E-state index < -0.39 is 0 Å². The maximum absolute atomic E-state index is 12.4. The van der Waals surface area contributed by atoms with Gasteiger partial charge in [-0.3, -0.25) is 9.89 Å². The monoisotopic (exact) mass is 250 g/mol. The molecule has 0 radical (unpaired) electrons. The molecule has 1 aromatic rings. The van der Waals surface area contributed by atoms with Crippen LogP contribution in [0.4, 0.5) is 5.69 Å². The van der Waals surface area contributed by atoms with Crippen molar-refractivity contribution >= 4 is 11.6 Å². The standard InChI is InChI=1S/C13H22N4O/c1-3-6-10-11(14)12(16-15-10)13(18)17-8-5-7-9(17)4-2/h9H,3-8,14H2,1-2H3,(H,15,16). The van der Waals surface area contributed by atoms with Gasteiger partial charge in [-0.05, 0) is 25.7 Å². The Kier molecular flexibility index (Phi) is 3.89. The average molecular weight is 250 g/mol. The number of hydrogen-bond donors (Lipinski definition) is 2. The molecule has 1 aromatic heterocycles. The van der Waals surface area contributed by atoms with Gasteiger partial charge in [0.2, 0.25) is 0 Å². The molecule has 0 aromatic carbocycles. The Morgan fingerprint density at radius 3 is 3.00 bits per heavy atom. The molecule has 0 spiro atoms. The van der Waals surface area contributed by atoms with E-state index in [1.807, 2.05) is 4.90 Å². The largest absolute Gasteiger partial charge is 0.395 e.